The molecule has 5 nitrogen and oxygen atoms in total. The van der Waals surface area contributed by atoms with Crippen LogP contribution in [0, 0.1) is 0 Å². The Kier molecular flexibility index (Phi) is 3.66. The van der Waals surface area contributed by atoms with Crippen LogP contribution in [-0.2, 0) is 0 Å². The number of urea groups is 1. The highest BCUT2D eigenvalue weighted by atomic mass is 16.2. The smallest absolute Gasteiger partial charge is 0.323 e. The van der Waals surface area contributed by atoms with E-state index in [9.17, 15) is 9.59 Å². The van der Waals surface area contributed by atoms with Crippen molar-refractivity contribution in [2.24, 2.45) is 5.73 Å². The van der Waals surface area contributed by atoms with Gasteiger partial charge in [-0.05, 0) is 19.1 Å². The number of nitrogens with two attached hydrogens (primary N) is 1. The number of anilines is 1. The van der Waals surface area contributed by atoms with Gasteiger partial charge >= 0.3 is 6.03 Å². The monoisotopic (exact) mass is 219 g/mol. The fourth-order valence-electron chi connectivity index (χ4n) is 1.15. The molecule has 5 heteroatoms. The molecule has 3 amide bonds. The summed E-state index contributed by atoms with van der Waals surface area (Å²) in [5.74, 6) is -0.591. The number of benzene rings is 1. The zero-order valence-electron chi connectivity index (χ0n) is 8.91. The van der Waals surface area contributed by atoms with Crippen LogP contribution in [0.1, 0.15) is 17.3 Å². The summed E-state index contributed by atoms with van der Waals surface area (Å²) in [6.07, 6.45) is 0. The minimum atomic E-state index is -0.591. The maximum Gasteiger partial charge on any atom is 0.323 e. The first kappa shape index (κ1) is 11.8. The Bertz CT molecular complexity index is 441. The highest BCUT2D eigenvalue weighted by molar-refractivity contribution is 6.02. The zero-order chi connectivity index (χ0) is 12.1. The summed E-state index contributed by atoms with van der Waals surface area (Å²) in [5, 5.41) is 4.97. The van der Waals surface area contributed by atoms with Crippen LogP contribution in [0.4, 0.5) is 10.5 Å². The number of carbonyl (C=O) groups excluding carboxylic acids is 2. The lowest BCUT2D eigenvalue weighted by molar-refractivity contribution is 0.100. The molecule has 0 aliphatic heterocycles. The standard InChI is InChI=1S/C11H13N3O2/c1-7(2)13-11(16)14-9-6-4-3-5-8(9)10(12)15/h3-6H,1H2,2H3,(H2,12,15)(H2,13,14,16). The Labute approximate surface area is 93.3 Å². The number of para-hydroxylation sites is 1. The highest BCUT2D eigenvalue weighted by Gasteiger charge is 2.09. The number of hydrogen-bond acceptors (Lipinski definition) is 2. The van der Waals surface area contributed by atoms with Crippen LogP contribution in [0.25, 0.3) is 0 Å². The summed E-state index contributed by atoms with van der Waals surface area (Å²) in [6.45, 7) is 5.18. The molecule has 0 saturated heterocycles. The lowest BCUT2D eigenvalue weighted by Crippen LogP contribution is -2.28. The molecule has 1 rings (SSSR count). The van der Waals surface area contributed by atoms with Gasteiger partial charge in [-0.1, -0.05) is 18.7 Å². The van der Waals surface area contributed by atoms with Crippen molar-refractivity contribution in [3.8, 4) is 0 Å². The number of primary amides is 1. The van der Waals surface area contributed by atoms with Crippen LogP contribution in [0.2, 0.25) is 0 Å². The molecule has 0 aliphatic carbocycles. The number of amides is 3. The molecule has 84 valence electrons. The normalized spacial score (nSPS) is 9.31. The number of carbonyl (C=O) groups is 2. The molecule has 0 radical (unpaired) electrons. The largest absolute Gasteiger partial charge is 0.366 e. The number of nitrogens with one attached hydrogen (secondary N) is 2. The topological polar surface area (TPSA) is 84.2 Å². The van der Waals surface area contributed by atoms with E-state index in [2.05, 4.69) is 17.2 Å². The summed E-state index contributed by atoms with van der Waals surface area (Å²) >= 11 is 0. The van der Waals surface area contributed by atoms with E-state index in [1.165, 1.54) is 0 Å². The zero-order valence-corrected chi connectivity index (χ0v) is 8.91. The van der Waals surface area contributed by atoms with Gasteiger partial charge in [0, 0.05) is 5.70 Å². The van der Waals surface area contributed by atoms with Gasteiger partial charge in [-0.15, -0.1) is 0 Å². The van der Waals surface area contributed by atoms with Gasteiger partial charge < -0.3 is 16.4 Å². The van der Waals surface area contributed by atoms with Crippen molar-refractivity contribution in [1.82, 2.24) is 5.32 Å². The number of rotatable bonds is 3. The summed E-state index contributed by atoms with van der Waals surface area (Å²) < 4.78 is 0. The Balaban J connectivity index is 2.84. The van der Waals surface area contributed by atoms with Crippen molar-refractivity contribution in [3.05, 3.63) is 42.1 Å². The van der Waals surface area contributed by atoms with Crippen molar-refractivity contribution in [2.45, 2.75) is 6.92 Å². The predicted octanol–water partition coefficient (Wildman–Crippen LogP) is 1.44. The third-order valence-electron chi connectivity index (χ3n) is 1.77. The van der Waals surface area contributed by atoms with Crippen molar-refractivity contribution in [3.63, 3.8) is 0 Å². The molecular weight excluding hydrogens is 206 g/mol. The summed E-state index contributed by atoms with van der Waals surface area (Å²) in [6, 6.07) is 6.04. The van der Waals surface area contributed by atoms with Crippen LogP contribution in [0.15, 0.2) is 36.5 Å². The van der Waals surface area contributed by atoms with Gasteiger partial charge in [-0.3, -0.25) is 4.79 Å². The molecule has 0 heterocycles. The first-order valence-electron chi connectivity index (χ1n) is 4.63. The molecule has 0 aliphatic rings. The summed E-state index contributed by atoms with van der Waals surface area (Å²) in [5.41, 5.74) is 6.30. The SMILES string of the molecule is C=C(C)NC(=O)Nc1ccccc1C(N)=O. The average Bonchev–Trinajstić information content (AvgIpc) is 2.16. The van der Waals surface area contributed by atoms with Crippen molar-refractivity contribution in [2.75, 3.05) is 5.32 Å². The van der Waals surface area contributed by atoms with Gasteiger partial charge in [0.2, 0.25) is 0 Å². The molecule has 0 saturated carbocycles. The van der Waals surface area contributed by atoms with Crippen molar-refractivity contribution >= 4 is 17.6 Å². The molecule has 4 N–H and O–H groups in total. The summed E-state index contributed by atoms with van der Waals surface area (Å²) in [7, 11) is 0. The molecule has 0 atom stereocenters. The quantitative estimate of drug-likeness (QED) is 0.718. The fourth-order valence-corrected chi connectivity index (χ4v) is 1.15. The molecule has 0 aromatic heterocycles. The van der Waals surface area contributed by atoms with Crippen molar-refractivity contribution < 1.29 is 9.59 Å². The van der Waals surface area contributed by atoms with Gasteiger partial charge in [-0.25, -0.2) is 4.79 Å². The van der Waals surface area contributed by atoms with Gasteiger partial charge in [0.05, 0.1) is 11.3 Å². The van der Waals surface area contributed by atoms with Crippen LogP contribution in [0.3, 0.4) is 0 Å². The molecule has 0 fully saturated rings. The Hall–Kier alpha value is -2.30. The molecule has 1 aromatic rings. The van der Waals surface area contributed by atoms with E-state index in [1.54, 1.807) is 31.2 Å². The van der Waals surface area contributed by atoms with E-state index < -0.39 is 11.9 Å². The number of allylic oxidation sites excluding steroid dienone is 1. The Morgan fingerprint density at radius 1 is 1.31 bits per heavy atom. The molecule has 0 bridgehead atoms. The highest BCUT2D eigenvalue weighted by Crippen LogP contribution is 2.13. The second-order valence-corrected chi connectivity index (χ2v) is 3.27. The number of hydrogen-bond donors (Lipinski definition) is 3. The van der Waals surface area contributed by atoms with Gasteiger partial charge in [0.25, 0.3) is 5.91 Å². The van der Waals surface area contributed by atoms with Crippen LogP contribution in [0.5, 0.6) is 0 Å². The summed E-state index contributed by atoms with van der Waals surface area (Å²) in [4.78, 5) is 22.4. The van der Waals surface area contributed by atoms with E-state index in [0.29, 0.717) is 11.4 Å². The van der Waals surface area contributed by atoms with Gasteiger partial charge in [-0.2, -0.15) is 0 Å². The lowest BCUT2D eigenvalue weighted by Gasteiger charge is -2.09. The van der Waals surface area contributed by atoms with Crippen LogP contribution in [-0.4, -0.2) is 11.9 Å². The van der Waals surface area contributed by atoms with E-state index >= 15 is 0 Å². The second kappa shape index (κ2) is 4.97. The molecule has 16 heavy (non-hydrogen) atoms. The second-order valence-electron chi connectivity index (χ2n) is 3.27. The van der Waals surface area contributed by atoms with E-state index in [-0.39, 0.29) is 5.56 Å². The Morgan fingerprint density at radius 3 is 2.50 bits per heavy atom. The first-order chi connectivity index (χ1) is 7.50. The molecule has 0 unspecified atom stereocenters. The van der Waals surface area contributed by atoms with Gasteiger partial charge in [0.1, 0.15) is 0 Å². The predicted molar refractivity (Wildman–Crippen MR) is 61.9 cm³/mol. The van der Waals surface area contributed by atoms with E-state index in [0.717, 1.165) is 0 Å². The fraction of sp³-hybridized carbons (Fsp3) is 0.0909. The Morgan fingerprint density at radius 2 is 1.94 bits per heavy atom. The third-order valence-corrected chi connectivity index (χ3v) is 1.77. The average molecular weight is 219 g/mol. The minimum Gasteiger partial charge on any atom is -0.366 e. The van der Waals surface area contributed by atoms with E-state index in [4.69, 9.17) is 5.73 Å². The minimum absolute atomic E-state index is 0.263. The van der Waals surface area contributed by atoms with E-state index in [1.807, 2.05) is 0 Å². The van der Waals surface area contributed by atoms with Crippen LogP contribution >= 0.6 is 0 Å². The van der Waals surface area contributed by atoms with Crippen LogP contribution < -0.4 is 16.4 Å². The first-order valence-corrected chi connectivity index (χ1v) is 4.63. The van der Waals surface area contributed by atoms with Gasteiger partial charge in [0.15, 0.2) is 0 Å². The van der Waals surface area contributed by atoms with Crippen molar-refractivity contribution in [1.29, 1.82) is 0 Å². The maximum absolute atomic E-state index is 11.4. The molecule has 0 spiro atoms. The molecule has 1 aromatic carbocycles. The molecular formula is C11H13N3O2. The third kappa shape index (κ3) is 3.13. The maximum atomic E-state index is 11.4. The lowest BCUT2D eigenvalue weighted by atomic mass is 10.1.